The highest BCUT2D eigenvalue weighted by Crippen LogP contribution is 1.90. The van der Waals surface area contributed by atoms with Crippen LogP contribution in [0.5, 0.6) is 0 Å². The lowest BCUT2D eigenvalue weighted by atomic mass is 10.2. The highest BCUT2D eigenvalue weighted by Gasteiger charge is 2.08. The van der Waals surface area contributed by atoms with Crippen LogP contribution in [0.4, 0.5) is 0 Å². The minimum atomic E-state index is -0.0911. The molecule has 0 fully saturated rings. The van der Waals surface area contributed by atoms with Crippen molar-refractivity contribution < 1.29 is 9.53 Å². The number of nitrogens with one attached hydrogen (secondary N) is 1. The third-order valence-corrected chi connectivity index (χ3v) is 1.91. The molecule has 0 saturated carbocycles. The summed E-state index contributed by atoms with van der Waals surface area (Å²) in [6.07, 6.45) is 1.90. The van der Waals surface area contributed by atoms with Gasteiger partial charge in [0.05, 0.1) is 0 Å². The second-order valence-electron chi connectivity index (χ2n) is 3.39. The lowest BCUT2D eigenvalue weighted by Crippen LogP contribution is -2.34. The van der Waals surface area contributed by atoms with Crippen LogP contribution in [0.25, 0.3) is 0 Å². The molecule has 1 atom stereocenters. The van der Waals surface area contributed by atoms with E-state index in [1.807, 2.05) is 6.92 Å². The first-order valence-electron chi connectivity index (χ1n) is 5.27. The van der Waals surface area contributed by atoms with Crippen LogP contribution in [0, 0.1) is 5.92 Å². The Morgan fingerprint density at radius 1 is 1.50 bits per heavy atom. The molecule has 0 bridgehead atoms. The highest BCUT2D eigenvalue weighted by atomic mass is 16.5. The van der Waals surface area contributed by atoms with E-state index in [2.05, 4.69) is 12.2 Å². The van der Waals surface area contributed by atoms with Crippen LogP contribution >= 0.6 is 0 Å². The minimum absolute atomic E-state index is 0.0305. The third-order valence-electron chi connectivity index (χ3n) is 1.91. The molecule has 0 aromatic rings. The Labute approximate surface area is 86.2 Å². The number of carbonyl (C=O) groups excluding carboxylic acids is 1. The highest BCUT2D eigenvalue weighted by molar-refractivity contribution is 5.78. The molecule has 0 radical (unpaired) electrons. The predicted molar refractivity (Wildman–Crippen MR) is 57.0 cm³/mol. The maximum atomic E-state index is 11.2. The van der Waals surface area contributed by atoms with Crippen molar-refractivity contribution in [1.29, 1.82) is 0 Å². The number of nitrogens with two attached hydrogens (primary N) is 1. The molecule has 4 heteroatoms. The summed E-state index contributed by atoms with van der Waals surface area (Å²) in [5.74, 6) is -0.0606. The first kappa shape index (κ1) is 13.4. The summed E-state index contributed by atoms with van der Waals surface area (Å²) in [6.45, 7) is 6.48. The van der Waals surface area contributed by atoms with Gasteiger partial charge in [0.2, 0.25) is 5.91 Å². The van der Waals surface area contributed by atoms with Crippen molar-refractivity contribution in [1.82, 2.24) is 5.32 Å². The summed E-state index contributed by atoms with van der Waals surface area (Å²) in [5, 5.41) is 2.81. The number of hydrogen-bond acceptors (Lipinski definition) is 3. The monoisotopic (exact) mass is 202 g/mol. The zero-order chi connectivity index (χ0) is 10.8. The van der Waals surface area contributed by atoms with Gasteiger partial charge >= 0.3 is 0 Å². The van der Waals surface area contributed by atoms with Crippen LogP contribution in [0.3, 0.4) is 0 Å². The smallest absolute Gasteiger partial charge is 0.224 e. The van der Waals surface area contributed by atoms with Crippen LogP contribution in [-0.4, -0.2) is 32.2 Å². The van der Waals surface area contributed by atoms with E-state index >= 15 is 0 Å². The molecule has 14 heavy (non-hydrogen) atoms. The molecule has 0 aromatic heterocycles. The van der Waals surface area contributed by atoms with E-state index in [9.17, 15) is 4.79 Å². The number of hydrogen-bond donors (Lipinski definition) is 2. The number of carbonyl (C=O) groups is 1. The number of rotatable bonds is 8. The van der Waals surface area contributed by atoms with Gasteiger partial charge < -0.3 is 15.8 Å². The topological polar surface area (TPSA) is 64.3 Å². The Morgan fingerprint density at radius 3 is 2.79 bits per heavy atom. The van der Waals surface area contributed by atoms with E-state index in [-0.39, 0.29) is 11.8 Å². The molecule has 0 aliphatic rings. The van der Waals surface area contributed by atoms with Crippen LogP contribution in [0.1, 0.15) is 26.7 Å². The Morgan fingerprint density at radius 2 is 2.21 bits per heavy atom. The molecular formula is C10H22N2O2. The van der Waals surface area contributed by atoms with Gasteiger partial charge in [-0.3, -0.25) is 4.79 Å². The van der Waals surface area contributed by atoms with Crippen molar-refractivity contribution in [2.75, 3.05) is 26.3 Å². The molecule has 1 amide bonds. The summed E-state index contributed by atoms with van der Waals surface area (Å²) >= 11 is 0. The molecule has 0 spiro atoms. The molecule has 1 unspecified atom stereocenters. The third kappa shape index (κ3) is 6.86. The van der Waals surface area contributed by atoms with Crippen molar-refractivity contribution in [3.63, 3.8) is 0 Å². The standard InChI is InChI=1S/C10H22N2O2/c1-3-6-14-7-4-5-12-10(13)9(2)8-11/h9H,3-8,11H2,1-2H3,(H,12,13). The minimum Gasteiger partial charge on any atom is -0.381 e. The maximum absolute atomic E-state index is 11.2. The van der Waals surface area contributed by atoms with Gasteiger partial charge in [-0.2, -0.15) is 0 Å². The van der Waals surface area contributed by atoms with Gasteiger partial charge in [0.1, 0.15) is 0 Å². The zero-order valence-corrected chi connectivity index (χ0v) is 9.21. The van der Waals surface area contributed by atoms with E-state index in [1.165, 1.54) is 0 Å². The quantitative estimate of drug-likeness (QED) is 0.564. The zero-order valence-electron chi connectivity index (χ0n) is 9.21. The Bertz CT molecular complexity index is 151. The first-order chi connectivity index (χ1) is 6.72. The molecule has 3 N–H and O–H groups in total. The Hall–Kier alpha value is -0.610. The van der Waals surface area contributed by atoms with E-state index < -0.39 is 0 Å². The predicted octanol–water partition coefficient (Wildman–Crippen LogP) is 0.514. The van der Waals surface area contributed by atoms with Crippen LogP contribution in [-0.2, 0) is 9.53 Å². The van der Waals surface area contributed by atoms with E-state index in [0.29, 0.717) is 19.7 Å². The van der Waals surface area contributed by atoms with Gasteiger partial charge in [0.15, 0.2) is 0 Å². The molecule has 0 aromatic carbocycles. The van der Waals surface area contributed by atoms with Gasteiger partial charge in [-0.25, -0.2) is 0 Å². The van der Waals surface area contributed by atoms with Gasteiger partial charge in [0.25, 0.3) is 0 Å². The normalized spacial score (nSPS) is 12.5. The summed E-state index contributed by atoms with van der Waals surface area (Å²) in [7, 11) is 0. The first-order valence-corrected chi connectivity index (χ1v) is 5.27. The van der Waals surface area contributed by atoms with E-state index in [0.717, 1.165) is 19.4 Å². The largest absolute Gasteiger partial charge is 0.381 e. The molecular weight excluding hydrogens is 180 g/mol. The van der Waals surface area contributed by atoms with Crippen molar-refractivity contribution in [3.05, 3.63) is 0 Å². The molecule has 4 nitrogen and oxygen atoms in total. The average Bonchev–Trinajstić information content (AvgIpc) is 2.21. The van der Waals surface area contributed by atoms with Crippen molar-refractivity contribution in [2.45, 2.75) is 26.7 Å². The molecule has 0 rings (SSSR count). The van der Waals surface area contributed by atoms with E-state index in [4.69, 9.17) is 10.5 Å². The van der Waals surface area contributed by atoms with Crippen molar-refractivity contribution >= 4 is 5.91 Å². The molecule has 0 aliphatic heterocycles. The maximum Gasteiger partial charge on any atom is 0.224 e. The van der Waals surface area contributed by atoms with Crippen LogP contribution in [0.15, 0.2) is 0 Å². The van der Waals surface area contributed by atoms with Crippen LogP contribution < -0.4 is 11.1 Å². The second kappa shape index (κ2) is 8.97. The fraction of sp³-hybridized carbons (Fsp3) is 0.900. The molecule has 0 saturated heterocycles. The van der Waals surface area contributed by atoms with Crippen molar-refractivity contribution in [2.24, 2.45) is 11.7 Å². The summed E-state index contributed by atoms with van der Waals surface area (Å²) in [5.41, 5.74) is 5.36. The molecule has 0 heterocycles. The van der Waals surface area contributed by atoms with Crippen molar-refractivity contribution in [3.8, 4) is 0 Å². The molecule has 84 valence electrons. The summed E-state index contributed by atoms with van der Waals surface area (Å²) in [6, 6.07) is 0. The van der Waals surface area contributed by atoms with Gasteiger partial charge in [-0.05, 0) is 12.8 Å². The fourth-order valence-corrected chi connectivity index (χ4v) is 0.913. The van der Waals surface area contributed by atoms with Gasteiger partial charge in [-0.1, -0.05) is 13.8 Å². The number of amides is 1. The van der Waals surface area contributed by atoms with E-state index in [1.54, 1.807) is 0 Å². The molecule has 0 aliphatic carbocycles. The van der Waals surface area contributed by atoms with Gasteiger partial charge in [-0.15, -0.1) is 0 Å². The lowest BCUT2D eigenvalue weighted by molar-refractivity contribution is -0.124. The Balaban J connectivity index is 3.23. The fourth-order valence-electron chi connectivity index (χ4n) is 0.913. The Kier molecular flexibility index (Phi) is 8.57. The lowest BCUT2D eigenvalue weighted by Gasteiger charge is -2.09. The average molecular weight is 202 g/mol. The second-order valence-corrected chi connectivity index (χ2v) is 3.39. The van der Waals surface area contributed by atoms with Gasteiger partial charge in [0, 0.05) is 32.2 Å². The summed E-state index contributed by atoms with van der Waals surface area (Å²) < 4.78 is 5.28. The van der Waals surface area contributed by atoms with Crippen LogP contribution in [0.2, 0.25) is 0 Å². The SMILES string of the molecule is CCCOCCCNC(=O)C(C)CN. The number of ether oxygens (including phenoxy) is 1. The summed E-state index contributed by atoms with van der Waals surface area (Å²) in [4.78, 5) is 11.2.